The molecular weight excluding hydrogens is 248 g/mol. The molecule has 0 aliphatic heterocycles. The molecule has 5 atom stereocenters. The average molecular weight is 274 g/mol. The molecule has 3 nitrogen and oxygen atoms in total. The van der Waals surface area contributed by atoms with Crippen LogP contribution < -0.4 is 0 Å². The zero-order valence-electron chi connectivity index (χ0n) is 11.5. The average Bonchev–Trinajstić information content (AvgIpc) is 2.78. The van der Waals surface area contributed by atoms with Gasteiger partial charge in [0.25, 0.3) is 10.1 Å². The molecule has 2 bridgehead atoms. The van der Waals surface area contributed by atoms with E-state index in [0.717, 1.165) is 42.4 Å². The van der Waals surface area contributed by atoms with E-state index in [1.165, 1.54) is 19.3 Å². The normalized spacial score (nSPS) is 39.4. The van der Waals surface area contributed by atoms with Gasteiger partial charge in [0.1, 0.15) is 0 Å². The van der Waals surface area contributed by atoms with Crippen LogP contribution in [0.25, 0.3) is 0 Å². The van der Waals surface area contributed by atoms with E-state index in [-0.39, 0.29) is 5.75 Å². The Labute approximate surface area is 111 Å². The fourth-order valence-corrected chi connectivity index (χ4v) is 4.86. The van der Waals surface area contributed by atoms with Crippen molar-refractivity contribution in [2.24, 2.45) is 29.6 Å². The van der Waals surface area contributed by atoms with Crippen molar-refractivity contribution >= 4 is 10.1 Å². The first-order valence-corrected chi connectivity index (χ1v) is 8.94. The van der Waals surface area contributed by atoms with Gasteiger partial charge < -0.3 is 0 Å². The van der Waals surface area contributed by atoms with Crippen LogP contribution in [0.1, 0.15) is 52.4 Å². The second kappa shape index (κ2) is 5.49. The number of hydrogen-bond donors (Lipinski definition) is 1. The quantitative estimate of drug-likeness (QED) is 0.597. The largest absolute Gasteiger partial charge is 0.286 e. The highest BCUT2D eigenvalue weighted by molar-refractivity contribution is 7.85. The summed E-state index contributed by atoms with van der Waals surface area (Å²) in [6, 6.07) is 0. The first kappa shape index (κ1) is 14.3. The van der Waals surface area contributed by atoms with Crippen molar-refractivity contribution in [3.63, 3.8) is 0 Å². The summed E-state index contributed by atoms with van der Waals surface area (Å²) in [5, 5.41) is 0. The molecule has 0 amide bonds. The van der Waals surface area contributed by atoms with E-state index in [9.17, 15) is 8.42 Å². The molecule has 0 saturated heterocycles. The van der Waals surface area contributed by atoms with Crippen LogP contribution in [0.15, 0.2) is 0 Å². The van der Waals surface area contributed by atoms with E-state index in [1.807, 2.05) is 0 Å². The van der Waals surface area contributed by atoms with Crippen LogP contribution in [-0.4, -0.2) is 18.7 Å². The van der Waals surface area contributed by atoms with Gasteiger partial charge in [0.15, 0.2) is 0 Å². The molecule has 2 rings (SSSR count). The van der Waals surface area contributed by atoms with Crippen LogP contribution in [-0.2, 0) is 10.1 Å². The van der Waals surface area contributed by atoms with E-state index in [0.29, 0.717) is 6.42 Å². The predicted molar refractivity (Wildman–Crippen MR) is 72.9 cm³/mol. The van der Waals surface area contributed by atoms with E-state index >= 15 is 0 Å². The predicted octanol–water partition coefficient (Wildman–Crippen LogP) is 3.36. The monoisotopic (exact) mass is 274 g/mol. The van der Waals surface area contributed by atoms with Crippen molar-refractivity contribution in [1.29, 1.82) is 0 Å². The highest BCUT2D eigenvalue weighted by Crippen LogP contribution is 2.56. The lowest BCUT2D eigenvalue weighted by Crippen LogP contribution is -2.24. The van der Waals surface area contributed by atoms with Crippen LogP contribution in [0, 0.1) is 29.6 Å². The van der Waals surface area contributed by atoms with Gasteiger partial charge in [-0.3, -0.25) is 4.55 Å². The summed E-state index contributed by atoms with van der Waals surface area (Å²) < 4.78 is 29.8. The highest BCUT2D eigenvalue weighted by Gasteiger charge is 2.47. The molecular formula is C14H26O3S. The maximum atomic E-state index is 10.6. The lowest BCUT2D eigenvalue weighted by Gasteiger charge is -2.31. The van der Waals surface area contributed by atoms with Crippen molar-refractivity contribution in [1.82, 2.24) is 0 Å². The Morgan fingerprint density at radius 3 is 2.33 bits per heavy atom. The van der Waals surface area contributed by atoms with E-state index < -0.39 is 10.1 Å². The molecule has 2 aliphatic rings. The van der Waals surface area contributed by atoms with Gasteiger partial charge in [-0.25, -0.2) is 0 Å². The van der Waals surface area contributed by atoms with Crippen LogP contribution >= 0.6 is 0 Å². The summed E-state index contributed by atoms with van der Waals surface area (Å²) in [5.74, 6) is 4.47. The Hall–Kier alpha value is -0.0900. The minimum absolute atomic E-state index is 0.0723. The van der Waals surface area contributed by atoms with Gasteiger partial charge in [0.2, 0.25) is 0 Å². The van der Waals surface area contributed by atoms with Crippen LogP contribution in [0.2, 0.25) is 0 Å². The summed E-state index contributed by atoms with van der Waals surface area (Å²) in [4.78, 5) is 0. The first-order valence-electron chi connectivity index (χ1n) is 7.33. The zero-order valence-corrected chi connectivity index (χ0v) is 12.3. The van der Waals surface area contributed by atoms with Crippen molar-refractivity contribution in [2.45, 2.75) is 52.4 Å². The summed E-state index contributed by atoms with van der Waals surface area (Å²) in [6.07, 6.45) is 6.73. The van der Waals surface area contributed by atoms with Gasteiger partial charge in [-0.15, -0.1) is 0 Å². The molecule has 2 fully saturated rings. The van der Waals surface area contributed by atoms with Gasteiger partial charge >= 0.3 is 0 Å². The van der Waals surface area contributed by atoms with Crippen molar-refractivity contribution < 1.29 is 13.0 Å². The number of fused-ring (bicyclic) bond motifs is 2. The van der Waals surface area contributed by atoms with E-state index in [2.05, 4.69) is 13.8 Å². The highest BCUT2D eigenvalue weighted by atomic mass is 32.2. The molecule has 18 heavy (non-hydrogen) atoms. The van der Waals surface area contributed by atoms with Gasteiger partial charge in [-0.1, -0.05) is 33.1 Å². The van der Waals surface area contributed by atoms with Crippen molar-refractivity contribution in [2.75, 3.05) is 5.75 Å². The standard InChI is InChI=1S/C14H26O3S/c1-10-11(2)14-9-13(10)8-12(14)6-4-3-5-7-18(15,16)17/h10-14H,3-9H2,1-2H3,(H,15,16,17). The third-order valence-electron chi connectivity index (χ3n) is 5.51. The Kier molecular flexibility index (Phi) is 4.37. The van der Waals surface area contributed by atoms with Gasteiger partial charge in [-0.2, -0.15) is 8.42 Å². The number of rotatable bonds is 6. The van der Waals surface area contributed by atoms with Crippen molar-refractivity contribution in [3.8, 4) is 0 Å². The van der Waals surface area contributed by atoms with Crippen molar-refractivity contribution in [3.05, 3.63) is 0 Å². The maximum absolute atomic E-state index is 10.6. The Bertz CT molecular complexity index is 375. The number of unbranched alkanes of at least 4 members (excludes halogenated alkanes) is 2. The van der Waals surface area contributed by atoms with E-state index in [4.69, 9.17) is 4.55 Å². The third-order valence-corrected chi connectivity index (χ3v) is 6.32. The molecule has 106 valence electrons. The molecule has 0 spiro atoms. The molecule has 0 radical (unpaired) electrons. The summed E-state index contributed by atoms with van der Waals surface area (Å²) in [6.45, 7) is 4.80. The van der Waals surface area contributed by atoms with Crippen LogP contribution in [0.4, 0.5) is 0 Å². The zero-order chi connectivity index (χ0) is 13.3. The fraction of sp³-hybridized carbons (Fsp3) is 1.00. The smallest absolute Gasteiger partial charge is 0.264 e. The minimum atomic E-state index is -3.75. The SMILES string of the molecule is CC1C2CC(CCCCCS(=O)(=O)O)C(C2)C1C. The number of hydrogen-bond acceptors (Lipinski definition) is 2. The third kappa shape index (κ3) is 3.27. The molecule has 0 heterocycles. The van der Waals surface area contributed by atoms with E-state index in [1.54, 1.807) is 0 Å². The molecule has 2 aliphatic carbocycles. The molecule has 5 unspecified atom stereocenters. The summed E-state index contributed by atoms with van der Waals surface area (Å²) >= 11 is 0. The summed E-state index contributed by atoms with van der Waals surface area (Å²) in [7, 11) is -3.75. The lowest BCUT2D eigenvalue weighted by molar-refractivity contribution is 0.179. The molecule has 1 N–H and O–H groups in total. The fourth-order valence-electron chi connectivity index (χ4n) is 4.29. The Morgan fingerprint density at radius 1 is 1.06 bits per heavy atom. The molecule has 4 heteroatoms. The summed E-state index contributed by atoms with van der Waals surface area (Å²) in [5.41, 5.74) is 0. The lowest BCUT2D eigenvalue weighted by atomic mass is 9.74. The Morgan fingerprint density at radius 2 is 1.78 bits per heavy atom. The second-order valence-electron chi connectivity index (χ2n) is 6.51. The second-order valence-corrected chi connectivity index (χ2v) is 8.08. The topological polar surface area (TPSA) is 54.4 Å². The first-order chi connectivity index (χ1) is 8.38. The minimum Gasteiger partial charge on any atom is -0.286 e. The van der Waals surface area contributed by atoms with Gasteiger partial charge in [-0.05, 0) is 48.9 Å². The maximum Gasteiger partial charge on any atom is 0.264 e. The van der Waals surface area contributed by atoms with Gasteiger partial charge in [0, 0.05) is 0 Å². The molecule has 0 aromatic rings. The molecule has 2 saturated carbocycles. The van der Waals surface area contributed by atoms with Crippen LogP contribution in [0.3, 0.4) is 0 Å². The van der Waals surface area contributed by atoms with Gasteiger partial charge in [0.05, 0.1) is 5.75 Å². The van der Waals surface area contributed by atoms with Crippen LogP contribution in [0.5, 0.6) is 0 Å². The molecule has 0 aromatic heterocycles. The Balaban J connectivity index is 1.64. The molecule has 0 aromatic carbocycles.